The molecule has 3 heterocycles. The highest BCUT2D eigenvalue weighted by atomic mass is 16.5. The zero-order valence-electron chi connectivity index (χ0n) is 16.6. The molecule has 0 saturated carbocycles. The van der Waals surface area contributed by atoms with E-state index in [1.165, 1.54) is 0 Å². The molecule has 1 atom stereocenters. The number of methoxy groups -OCH3 is 1. The predicted octanol–water partition coefficient (Wildman–Crippen LogP) is 2.48. The van der Waals surface area contributed by atoms with Crippen molar-refractivity contribution in [3.05, 3.63) is 65.0 Å². The van der Waals surface area contributed by atoms with E-state index in [1.807, 2.05) is 49.5 Å². The van der Waals surface area contributed by atoms with E-state index < -0.39 is 0 Å². The number of benzene rings is 1. The topological polar surface area (TPSA) is 66.8 Å². The van der Waals surface area contributed by atoms with Crippen LogP contribution in [0, 0.1) is 0 Å². The van der Waals surface area contributed by atoms with E-state index >= 15 is 0 Å². The van der Waals surface area contributed by atoms with Crippen molar-refractivity contribution in [2.45, 2.75) is 38.5 Å². The first-order valence-electron chi connectivity index (χ1n) is 9.64. The molecule has 0 aliphatic carbocycles. The first-order chi connectivity index (χ1) is 13.5. The summed E-state index contributed by atoms with van der Waals surface area (Å²) in [5, 5.41) is 3.04. The molecule has 1 saturated heterocycles. The van der Waals surface area contributed by atoms with Gasteiger partial charge in [0.2, 0.25) is 5.91 Å². The summed E-state index contributed by atoms with van der Waals surface area (Å²) in [6, 6.07) is 11.9. The molecule has 2 aliphatic rings. The summed E-state index contributed by atoms with van der Waals surface area (Å²) >= 11 is 0. The Morgan fingerprint density at radius 2 is 2.07 bits per heavy atom. The van der Waals surface area contributed by atoms with E-state index in [0.717, 1.165) is 41.3 Å². The van der Waals surface area contributed by atoms with E-state index in [2.05, 4.69) is 27.1 Å². The largest absolute Gasteiger partial charge is 0.375 e. The number of carbonyl (C=O) groups excluding carboxylic acids is 1. The van der Waals surface area contributed by atoms with Gasteiger partial charge in [-0.1, -0.05) is 30.3 Å². The van der Waals surface area contributed by atoms with Gasteiger partial charge in [0.1, 0.15) is 5.84 Å². The zero-order chi connectivity index (χ0) is 19.7. The SMILES string of the molecule is COC1(C)CN(C2=NCc3cc(CC(=O)N[C@H](C)c4ccccc4)ncc32)C1. The number of hydrogen-bond donors (Lipinski definition) is 1. The van der Waals surface area contributed by atoms with Crippen LogP contribution in [0.2, 0.25) is 0 Å². The van der Waals surface area contributed by atoms with Gasteiger partial charge in [0, 0.05) is 32.0 Å². The molecule has 1 aromatic heterocycles. The van der Waals surface area contributed by atoms with Gasteiger partial charge in [-0.25, -0.2) is 0 Å². The van der Waals surface area contributed by atoms with E-state index in [9.17, 15) is 4.79 Å². The molecule has 2 aliphatic heterocycles. The fourth-order valence-electron chi connectivity index (χ4n) is 3.81. The lowest BCUT2D eigenvalue weighted by atomic mass is 9.95. The molecular weight excluding hydrogens is 352 g/mol. The Morgan fingerprint density at radius 3 is 2.79 bits per heavy atom. The second-order valence-corrected chi connectivity index (χ2v) is 7.86. The van der Waals surface area contributed by atoms with Gasteiger partial charge in [-0.05, 0) is 31.0 Å². The van der Waals surface area contributed by atoms with E-state index in [1.54, 1.807) is 7.11 Å². The lowest BCUT2D eigenvalue weighted by Crippen LogP contribution is -2.62. The van der Waals surface area contributed by atoms with E-state index in [0.29, 0.717) is 6.54 Å². The maximum atomic E-state index is 12.4. The molecule has 6 nitrogen and oxygen atoms in total. The molecule has 1 aromatic carbocycles. The van der Waals surface area contributed by atoms with Gasteiger partial charge < -0.3 is 15.0 Å². The van der Waals surface area contributed by atoms with Crippen LogP contribution in [0.4, 0.5) is 0 Å². The average molecular weight is 378 g/mol. The van der Waals surface area contributed by atoms with Crippen molar-refractivity contribution in [3.63, 3.8) is 0 Å². The average Bonchev–Trinajstić information content (AvgIpc) is 3.09. The van der Waals surface area contributed by atoms with Crippen LogP contribution in [0.5, 0.6) is 0 Å². The number of likely N-dealkylation sites (tertiary alicyclic amines) is 1. The van der Waals surface area contributed by atoms with E-state index in [4.69, 9.17) is 4.74 Å². The fraction of sp³-hybridized carbons (Fsp3) is 0.409. The van der Waals surface area contributed by atoms with Crippen molar-refractivity contribution < 1.29 is 9.53 Å². The third-order valence-electron chi connectivity index (χ3n) is 5.55. The molecule has 0 radical (unpaired) electrons. The summed E-state index contributed by atoms with van der Waals surface area (Å²) in [7, 11) is 1.75. The normalized spacial score (nSPS) is 18.1. The second-order valence-electron chi connectivity index (χ2n) is 7.86. The molecule has 0 unspecified atom stereocenters. The van der Waals surface area contributed by atoms with Gasteiger partial charge >= 0.3 is 0 Å². The highest BCUT2D eigenvalue weighted by Gasteiger charge is 2.42. The highest BCUT2D eigenvalue weighted by molar-refractivity contribution is 6.02. The molecule has 0 spiro atoms. The van der Waals surface area contributed by atoms with Crippen molar-refractivity contribution in [1.29, 1.82) is 0 Å². The quantitative estimate of drug-likeness (QED) is 0.868. The second kappa shape index (κ2) is 7.36. The molecule has 28 heavy (non-hydrogen) atoms. The number of amidine groups is 1. The van der Waals surface area contributed by atoms with Crippen LogP contribution in [0.25, 0.3) is 0 Å². The van der Waals surface area contributed by atoms with Gasteiger partial charge in [-0.3, -0.25) is 14.8 Å². The van der Waals surface area contributed by atoms with Crippen LogP contribution in [0.3, 0.4) is 0 Å². The number of fused-ring (bicyclic) bond motifs is 1. The first kappa shape index (κ1) is 18.6. The Bertz CT molecular complexity index is 904. The van der Waals surface area contributed by atoms with Gasteiger partial charge in [-0.2, -0.15) is 0 Å². The van der Waals surface area contributed by atoms with Gasteiger partial charge in [-0.15, -0.1) is 0 Å². The molecule has 0 bridgehead atoms. The lowest BCUT2D eigenvalue weighted by Gasteiger charge is -2.48. The van der Waals surface area contributed by atoms with Crippen LogP contribution in [-0.2, 0) is 22.5 Å². The minimum atomic E-state index is -0.0911. The number of nitrogens with zero attached hydrogens (tertiary/aromatic N) is 3. The van der Waals surface area contributed by atoms with Crippen LogP contribution in [0.1, 0.15) is 42.3 Å². The van der Waals surface area contributed by atoms with Crippen LogP contribution in [0.15, 0.2) is 47.6 Å². The summed E-state index contributed by atoms with van der Waals surface area (Å²) in [6.07, 6.45) is 2.12. The Labute approximate surface area is 165 Å². The maximum Gasteiger partial charge on any atom is 0.226 e. The summed E-state index contributed by atoms with van der Waals surface area (Å²) < 4.78 is 5.52. The number of ether oxygens (including phenoxy) is 1. The molecule has 4 rings (SSSR count). The molecule has 1 amide bonds. The van der Waals surface area contributed by atoms with Crippen molar-refractivity contribution in [2.75, 3.05) is 20.2 Å². The number of aliphatic imine (C=N–C) groups is 1. The van der Waals surface area contributed by atoms with Crippen LogP contribution < -0.4 is 5.32 Å². The van der Waals surface area contributed by atoms with Crippen LogP contribution >= 0.6 is 0 Å². The standard InChI is InChI=1S/C22H26N4O2/c1-15(16-7-5-4-6-8-16)25-20(27)10-18-9-17-11-24-21(19(17)12-23-18)26-13-22(2,14-26)28-3/h4-9,12,15H,10-11,13-14H2,1-3H3,(H,25,27)/t15-/m1/s1. The molecule has 1 N–H and O–H groups in total. The maximum absolute atomic E-state index is 12.4. The number of rotatable bonds is 5. The number of nitrogens with one attached hydrogen (secondary N) is 1. The molecule has 6 heteroatoms. The zero-order valence-corrected chi connectivity index (χ0v) is 16.6. The summed E-state index contributed by atoms with van der Waals surface area (Å²) in [4.78, 5) is 23.9. The Hall–Kier alpha value is -2.73. The molecule has 1 fully saturated rings. The van der Waals surface area contributed by atoms with Crippen molar-refractivity contribution >= 4 is 11.7 Å². The van der Waals surface area contributed by atoms with Gasteiger partial charge in [0.15, 0.2) is 0 Å². The van der Waals surface area contributed by atoms with Crippen molar-refractivity contribution in [1.82, 2.24) is 15.2 Å². The first-order valence-corrected chi connectivity index (χ1v) is 9.64. The lowest BCUT2D eigenvalue weighted by molar-refractivity contribution is -0.121. The number of carbonyl (C=O) groups is 1. The fourth-order valence-corrected chi connectivity index (χ4v) is 3.81. The van der Waals surface area contributed by atoms with Crippen molar-refractivity contribution in [3.8, 4) is 0 Å². The molecule has 2 aromatic rings. The summed E-state index contributed by atoms with van der Waals surface area (Å²) in [5.41, 5.74) is 3.98. The van der Waals surface area contributed by atoms with Gasteiger partial charge in [0.25, 0.3) is 0 Å². The Balaban J connectivity index is 1.37. The Kier molecular flexibility index (Phi) is 4.89. The van der Waals surface area contributed by atoms with Crippen LogP contribution in [-0.4, -0.2) is 47.4 Å². The van der Waals surface area contributed by atoms with E-state index in [-0.39, 0.29) is 24.0 Å². The summed E-state index contributed by atoms with van der Waals surface area (Å²) in [6.45, 7) is 6.41. The van der Waals surface area contributed by atoms with Crippen molar-refractivity contribution in [2.24, 2.45) is 4.99 Å². The number of aromatic nitrogens is 1. The van der Waals surface area contributed by atoms with Gasteiger partial charge in [0.05, 0.1) is 30.3 Å². The smallest absolute Gasteiger partial charge is 0.226 e. The third-order valence-corrected chi connectivity index (χ3v) is 5.55. The predicted molar refractivity (Wildman–Crippen MR) is 108 cm³/mol. The minimum absolute atomic E-state index is 0.0263. The third kappa shape index (κ3) is 3.64. The number of hydrogen-bond acceptors (Lipinski definition) is 5. The highest BCUT2D eigenvalue weighted by Crippen LogP contribution is 2.29. The number of amides is 1. The monoisotopic (exact) mass is 378 g/mol. The minimum Gasteiger partial charge on any atom is -0.375 e. The number of pyridine rings is 1. The molecular formula is C22H26N4O2. The molecule has 146 valence electrons. The summed E-state index contributed by atoms with van der Waals surface area (Å²) in [5.74, 6) is 0.965. The Morgan fingerprint density at radius 1 is 1.32 bits per heavy atom.